The summed E-state index contributed by atoms with van der Waals surface area (Å²) in [5.41, 5.74) is 1.30. The van der Waals surface area contributed by atoms with Crippen LogP contribution in [0, 0.1) is 23.2 Å². The van der Waals surface area contributed by atoms with Crippen LogP contribution in [0.25, 0.3) is 0 Å². The third kappa shape index (κ3) is 2.14. The van der Waals surface area contributed by atoms with Crippen molar-refractivity contribution in [2.75, 3.05) is 0 Å². The second kappa shape index (κ2) is 4.88. The van der Waals surface area contributed by atoms with Gasteiger partial charge in [0.15, 0.2) is 0 Å². The lowest BCUT2D eigenvalue weighted by Crippen LogP contribution is -2.60. The summed E-state index contributed by atoms with van der Waals surface area (Å²) in [7, 11) is 0. The zero-order chi connectivity index (χ0) is 14.3. The molecule has 2 N–H and O–H groups in total. The first-order valence-corrected chi connectivity index (χ1v) is 7.50. The average molecular weight is 273 g/mol. The molecule has 0 heterocycles. The molecule has 0 saturated heterocycles. The zero-order valence-corrected chi connectivity index (χ0v) is 12.2. The van der Waals surface area contributed by atoms with Gasteiger partial charge in [-0.3, -0.25) is 4.79 Å². The normalized spacial score (nSPS) is 34.1. The van der Waals surface area contributed by atoms with E-state index in [1.54, 1.807) is 0 Å². The van der Waals surface area contributed by atoms with E-state index in [1.807, 2.05) is 30.3 Å². The summed E-state index contributed by atoms with van der Waals surface area (Å²) in [5.74, 6) is 0.652. The van der Waals surface area contributed by atoms with Crippen LogP contribution in [0.3, 0.4) is 0 Å². The Morgan fingerprint density at radius 3 is 2.60 bits per heavy atom. The number of aliphatic hydroxyl groups is 1. The highest BCUT2D eigenvalue weighted by atomic mass is 16.3. The number of hydrogen-bond acceptors (Lipinski definition) is 2. The van der Waals surface area contributed by atoms with E-state index >= 15 is 0 Å². The molecule has 4 atom stereocenters. The first-order chi connectivity index (χ1) is 9.50. The highest BCUT2D eigenvalue weighted by Crippen LogP contribution is 2.60. The van der Waals surface area contributed by atoms with E-state index in [9.17, 15) is 9.90 Å². The standard InChI is InChI=1S/C17H23NO2/c1-17(2)12-8-13(15(19)14(17)9-12)16(20)18-10-11-6-4-3-5-7-11/h3-7,12-15,19H,8-10H2,1-2H3,(H,18,20)/t12-,13+,14-,15+/m0/s1. The minimum atomic E-state index is -0.481. The zero-order valence-electron chi connectivity index (χ0n) is 12.2. The topological polar surface area (TPSA) is 49.3 Å². The minimum absolute atomic E-state index is 0.00607. The fourth-order valence-corrected chi connectivity index (χ4v) is 3.94. The minimum Gasteiger partial charge on any atom is -0.392 e. The summed E-state index contributed by atoms with van der Waals surface area (Å²) in [6, 6.07) is 9.89. The Bertz CT molecular complexity index is 497. The van der Waals surface area contributed by atoms with E-state index < -0.39 is 6.10 Å². The van der Waals surface area contributed by atoms with Crippen LogP contribution in [0.4, 0.5) is 0 Å². The van der Waals surface area contributed by atoms with Gasteiger partial charge in [-0.2, -0.15) is 0 Å². The van der Waals surface area contributed by atoms with Crippen LogP contribution >= 0.6 is 0 Å². The van der Waals surface area contributed by atoms with Crippen LogP contribution < -0.4 is 5.32 Å². The number of benzene rings is 1. The lowest BCUT2D eigenvalue weighted by atomic mass is 9.45. The van der Waals surface area contributed by atoms with Gasteiger partial charge in [-0.25, -0.2) is 0 Å². The number of rotatable bonds is 3. The largest absolute Gasteiger partial charge is 0.392 e. The van der Waals surface area contributed by atoms with Crippen molar-refractivity contribution in [1.82, 2.24) is 5.32 Å². The van der Waals surface area contributed by atoms with Gasteiger partial charge in [0, 0.05) is 6.54 Å². The van der Waals surface area contributed by atoms with Crippen molar-refractivity contribution >= 4 is 5.91 Å². The van der Waals surface area contributed by atoms with Crippen molar-refractivity contribution in [2.45, 2.75) is 39.3 Å². The number of fused-ring (bicyclic) bond motifs is 2. The first kappa shape index (κ1) is 13.6. The Morgan fingerprint density at radius 1 is 1.30 bits per heavy atom. The molecule has 3 aliphatic carbocycles. The van der Waals surface area contributed by atoms with Crippen molar-refractivity contribution in [2.24, 2.45) is 23.2 Å². The van der Waals surface area contributed by atoms with Gasteiger partial charge in [0.1, 0.15) is 0 Å². The number of amides is 1. The summed E-state index contributed by atoms with van der Waals surface area (Å²) < 4.78 is 0. The SMILES string of the molecule is CC1(C)[C@H]2C[C@@H](C(=O)NCc3ccccc3)[C@@H](O)[C@@H]1C2. The summed E-state index contributed by atoms with van der Waals surface area (Å²) >= 11 is 0. The van der Waals surface area contributed by atoms with Crippen molar-refractivity contribution < 1.29 is 9.90 Å². The Morgan fingerprint density at radius 2 is 2.00 bits per heavy atom. The highest BCUT2D eigenvalue weighted by Gasteiger charge is 2.58. The van der Waals surface area contributed by atoms with Crippen LogP contribution in [-0.2, 0) is 11.3 Å². The predicted octanol–water partition coefficient (Wildman–Crippen LogP) is 2.35. The molecule has 3 nitrogen and oxygen atoms in total. The maximum atomic E-state index is 12.3. The van der Waals surface area contributed by atoms with Gasteiger partial charge in [-0.15, -0.1) is 0 Å². The molecule has 4 rings (SSSR count). The number of carbonyl (C=O) groups is 1. The Labute approximate surface area is 120 Å². The van der Waals surface area contributed by atoms with Crippen LogP contribution in [-0.4, -0.2) is 17.1 Å². The Kier molecular flexibility index (Phi) is 3.33. The fourth-order valence-electron chi connectivity index (χ4n) is 3.94. The fraction of sp³-hybridized carbons (Fsp3) is 0.588. The summed E-state index contributed by atoms with van der Waals surface area (Å²) in [6.45, 7) is 4.97. The van der Waals surface area contributed by atoms with Crippen molar-refractivity contribution in [3.63, 3.8) is 0 Å². The van der Waals surface area contributed by atoms with Crippen molar-refractivity contribution in [3.05, 3.63) is 35.9 Å². The molecule has 3 heteroatoms. The van der Waals surface area contributed by atoms with Gasteiger partial charge in [-0.05, 0) is 35.7 Å². The van der Waals surface area contributed by atoms with Crippen molar-refractivity contribution in [1.29, 1.82) is 0 Å². The highest BCUT2D eigenvalue weighted by molar-refractivity contribution is 5.79. The number of carbonyl (C=O) groups excluding carboxylic acids is 1. The molecule has 0 unspecified atom stereocenters. The molecule has 2 bridgehead atoms. The van der Waals surface area contributed by atoms with E-state index in [1.165, 1.54) is 0 Å². The third-order valence-corrected chi connectivity index (χ3v) is 5.56. The molecule has 1 aromatic rings. The smallest absolute Gasteiger partial charge is 0.226 e. The molecule has 1 aromatic carbocycles. The van der Waals surface area contributed by atoms with Crippen LogP contribution in [0.15, 0.2) is 30.3 Å². The van der Waals surface area contributed by atoms with E-state index in [0.29, 0.717) is 12.5 Å². The second-order valence-corrected chi connectivity index (χ2v) is 6.90. The molecule has 0 aromatic heterocycles. The third-order valence-electron chi connectivity index (χ3n) is 5.56. The van der Waals surface area contributed by atoms with Gasteiger partial charge in [0.25, 0.3) is 0 Å². The number of hydrogen-bond donors (Lipinski definition) is 2. The van der Waals surface area contributed by atoms with Gasteiger partial charge in [-0.1, -0.05) is 44.2 Å². The van der Waals surface area contributed by atoms with E-state index in [-0.39, 0.29) is 23.2 Å². The second-order valence-electron chi connectivity index (χ2n) is 6.90. The molecule has 3 saturated carbocycles. The molecule has 3 aliphatic rings. The molecule has 108 valence electrons. The molecular formula is C17H23NO2. The number of aliphatic hydroxyl groups excluding tert-OH is 1. The van der Waals surface area contributed by atoms with Gasteiger partial charge in [0.2, 0.25) is 5.91 Å². The van der Waals surface area contributed by atoms with E-state index in [0.717, 1.165) is 18.4 Å². The summed E-state index contributed by atoms with van der Waals surface area (Å²) in [6.07, 6.45) is 1.42. The van der Waals surface area contributed by atoms with Gasteiger partial charge in [0.05, 0.1) is 12.0 Å². The number of nitrogens with one attached hydrogen (secondary N) is 1. The maximum Gasteiger partial charge on any atom is 0.226 e. The molecule has 3 fully saturated rings. The van der Waals surface area contributed by atoms with Gasteiger partial charge >= 0.3 is 0 Å². The van der Waals surface area contributed by atoms with E-state index in [2.05, 4.69) is 19.2 Å². The maximum absolute atomic E-state index is 12.3. The summed E-state index contributed by atoms with van der Waals surface area (Å²) in [5, 5.41) is 13.4. The molecular weight excluding hydrogens is 250 g/mol. The Hall–Kier alpha value is -1.35. The van der Waals surface area contributed by atoms with Crippen LogP contribution in [0.1, 0.15) is 32.3 Å². The molecule has 1 amide bonds. The predicted molar refractivity (Wildman–Crippen MR) is 77.8 cm³/mol. The molecule has 20 heavy (non-hydrogen) atoms. The van der Waals surface area contributed by atoms with Crippen LogP contribution in [0.2, 0.25) is 0 Å². The molecule has 0 spiro atoms. The lowest BCUT2D eigenvalue weighted by Gasteiger charge is -2.60. The lowest BCUT2D eigenvalue weighted by molar-refractivity contribution is -0.178. The van der Waals surface area contributed by atoms with Crippen molar-refractivity contribution in [3.8, 4) is 0 Å². The van der Waals surface area contributed by atoms with E-state index in [4.69, 9.17) is 0 Å². The molecule has 0 aliphatic heterocycles. The van der Waals surface area contributed by atoms with Crippen LogP contribution in [0.5, 0.6) is 0 Å². The molecule has 0 radical (unpaired) electrons. The quantitative estimate of drug-likeness (QED) is 0.888. The van der Waals surface area contributed by atoms with Gasteiger partial charge < -0.3 is 10.4 Å². The summed E-state index contributed by atoms with van der Waals surface area (Å²) in [4.78, 5) is 12.3. The Balaban J connectivity index is 1.59. The first-order valence-electron chi connectivity index (χ1n) is 7.50. The monoisotopic (exact) mass is 273 g/mol. The average Bonchev–Trinajstić information content (AvgIpc) is 2.45.